The molecule has 0 atom stereocenters. The lowest BCUT2D eigenvalue weighted by atomic mass is 9.55. The molecule has 0 radical (unpaired) electrons. The predicted octanol–water partition coefficient (Wildman–Crippen LogP) is 4.09. The summed E-state index contributed by atoms with van der Waals surface area (Å²) in [7, 11) is 0. The van der Waals surface area contributed by atoms with Crippen molar-refractivity contribution in [1.82, 2.24) is 10.3 Å². The van der Waals surface area contributed by atoms with Crippen molar-refractivity contribution in [2.45, 2.75) is 71.1 Å². The van der Waals surface area contributed by atoms with E-state index in [4.69, 9.17) is 9.47 Å². The highest BCUT2D eigenvalue weighted by Crippen LogP contribution is 2.54. The molecule has 0 saturated heterocycles. The van der Waals surface area contributed by atoms with E-state index in [0.717, 1.165) is 11.8 Å². The number of hydrogen-bond donors (Lipinski definition) is 1. The minimum atomic E-state index is -0.539. The highest BCUT2D eigenvalue weighted by molar-refractivity contribution is 5.89. The van der Waals surface area contributed by atoms with Crippen LogP contribution in [0.25, 0.3) is 0 Å². The predicted molar refractivity (Wildman–Crippen MR) is 104 cm³/mol. The Labute approximate surface area is 166 Å². The van der Waals surface area contributed by atoms with Crippen molar-refractivity contribution in [2.75, 3.05) is 0 Å². The fourth-order valence-corrected chi connectivity index (χ4v) is 5.39. The molecule has 0 aromatic carbocycles. The van der Waals surface area contributed by atoms with Crippen molar-refractivity contribution in [3.8, 4) is 0 Å². The molecule has 1 N–H and O–H groups in total. The van der Waals surface area contributed by atoms with E-state index in [0.29, 0.717) is 23.1 Å². The molecule has 6 heteroatoms. The van der Waals surface area contributed by atoms with Crippen LogP contribution in [0.15, 0.2) is 18.3 Å². The number of carbonyl (C=O) groups is 2. The maximum atomic E-state index is 12.6. The molecule has 1 amide bonds. The Hall–Kier alpha value is -2.11. The van der Waals surface area contributed by atoms with Gasteiger partial charge in [0.25, 0.3) is 0 Å². The van der Waals surface area contributed by atoms with Gasteiger partial charge in [-0.2, -0.15) is 0 Å². The van der Waals surface area contributed by atoms with Gasteiger partial charge >= 0.3 is 12.1 Å². The maximum Gasteiger partial charge on any atom is 0.407 e. The smallest absolute Gasteiger partial charge is 0.407 e. The zero-order chi connectivity index (χ0) is 19.9. The van der Waals surface area contributed by atoms with Crippen LogP contribution in [-0.2, 0) is 16.0 Å². The first-order chi connectivity index (χ1) is 13.3. The van der Waals surface area contributed by atoms with E-state index in [-0.39, 0.29) is 18.6 Å². The standard InChI is InChI=1S/C22H30N2O4/c1-22(2,3)28-21(26)24-12-18-5-4-15(11-23-18)20(25)27-19-16-7-13-6-14(9-16)10-17(19)8-13/h4-5,11,13-14,16-17,19H,6-10,12H2,1-3H3,(H,24,26). The van der Waals surface area contributed by atoms with Crippen molar-refractivity contribution in [2.24, 2.45) is 23.7 Å². The van der Waals surface area contributed by atoms with Crippen molar-refractivity contribution in [3.63, 3.8) is 0 Å². The molecule has 0 aliphatic heterocycles. The zero-order valence-corrected chi connectivity index (χ0v) is 16.9. The number of alkyl carbamates (subject to hydrolysis) is 1. The highest BCUT2D eigenvalue weighted by atomic mass is 16.6. The Kier molecular flexibility index (Phi) is 5.06. The Bertz CT molecular complexity index is 710. The molecule has 6 nitrogen and oxygen atoms in total. The molecule has 1 heterocycles. The van der Waals surface area contributed by atoms with E-state index in [1.807, 2.05) is 20.8 Å². The number of hydrogen-bond acceptors (Lipinski definition) is 5. The number of ether oxygens (including phenoxy) is 2. The maximum absolute atomic E-state index is 12.6. The van der Waals surface area contributed by atoms with Gasteiger partial charge in [0.1, 0.15) is 11.7 Å². The first kappa shape index (κ1) is 19.2. The highest BCUT2D eigenvalue weighted by Gasteiger charge is 2.49. The lowest BCUT2D eigenvalue weighted by molar-refractivity contribution is -0.101. The number of esters is 1. The molecule has 152 valence electrons. The van der Waals surface area contributed by atoms with Crippen molar-refractivity contribution >= 4 is 12.1 Å². The molecule has 1 aromatic rings. The third-order valence-corrected chi connectivity index (χ3v) is 6.26. The number of nitrogens with one attached hydrogen (secondary N) is 1. The summed E-state index contributed by atoms with van der Waals surface area (Å²) in [6.07, 6.45) is 7.39. The van der Waals surface area contributed by atoms with E-state index in [9.17, 15) is 9.59 Å². The van der Waals surface area contributed by atoms with Crippen LogP contribution in [0.4, 0.5) is 4.79 Å². The third-order valence-electron chi connectivity index (χ3n) is 6.26. The number of rotatable bonds is 4. The molecular weight excluding hydrogens is 356 g/mol. The number of carbonyl (C=O) groups excluding carboxylic acids is 2. The second-order valence-electron chi connectivity index (χ2n) is 9.69. The average Bonchev–Trinajstić information content (AvgIpc) is 2.61. The summed E-state index contributed by atoms with van der Waals surface area (Å²) in [4.78, 5) is 28.6. The van der Waals surface area contributed by atoms with Crippen LogP contribution in [0.5, 0.6) is 0 Å². The van der Waals surface area contributed by atoms with Crippen LogP contribution in [0, 0.1) is 23.7 Å². The Morgan fingerprint density at radius 1 is 1.07 bits per heavy atom. The number of aromatic nitrogens is 1. The quantitative estimate of drug-likeness (QED) is 0.789. The van der Waals surface area contributed by atoms with Crippen LogP contribution in [0.2, 0.25) is 0 Å². The minimum Gasteiger partial charge on any atom is -0.458 e. The van der Waals surface area contributed by atoms with Gasteiger partial charge in [0.2, 0.25) is 0 Å². The number of pyridine rings is 1. The second kappa shape index (κ2) is 7.37. The summed E-state index contributed by atoms with van der Waals surface area (Å²) in [6.45, 7) is 5.69. The van der Waals surface area contributed by atoms with Crippen LogP contribution in [-0.4, -0.2) is 28.8 Å². The van der Waals surface area contributed by atoms with Gasteiger partial charge in [-0.3, -0.25) is 4.98 Å². The largest absolute Gasteiger partial charge is 0.458 e. The molecule has 4 aliphatic rings. The van der Waals surface area contributed by atoms with Gasteiger partial charge < -0.3 is 14.8 Å². The van der Waals surface area contributed by atoms with Crippen molar-refractivity contribution < 1.29 is 19.1 Å². The Balaban J connectivity index is 1.30. The van der Waals surface area contributed by atoms with E-state index in [2.05, 4.69) is 10.3 Å². The fourth-order valence-electron chi connectivity index (χ4n) is 5.39. The van der Waals surface area contributed by atoms with Crippen LogP contribution >= 0.6 is 0 Å². The van der Waals surface area contributed by atoms with Gasteiger partial charge in [-0.25, -0.2) is 9.59 Å². The monoisotopic (exact) mass is 386 g/mol. The summed E-state index contributed by atoms with van der Waals surface area (Å²) in [5, 5.41) is 2.67. The normalized spacial score (nSPS) is 30.8. The summed E-state index contributed by atoms with van der Waals surface area (Å²) in [5.74, 6) is 2.53. The summed E-state index contributed by atoms with van der Waals surface area (Å²) >= 11 is 0. The molecular formula is C22H30N2O4. The molecule has 4 bridgehead atoms. The first-order valence-electron chi connectivity index (χ1n) is 10.4. The molecule has 1 aromatic heterocycles. The zero-order valence-electron chi connectivity index (χ0n) is 16.9. The molecule has 0 unspecified atom stereocenters. The van der Waals surface area contributed by atoms with Gasteiger partial charge in [-0.1, -0.05) is 0 Å². The molecule has 4 aliphatic carbocycles. The summed E-state index contributed by atoms with van der Waals surface area (Å²) < 4.78 is 11.1. The third kappa shape index (κ3) is 4.31. The summed E-state index contributed by atoms with van der Waals surface area (Å²) in [6, 6.07) is 3.46. The van der Waals surface area contributed by atoms with E-state index in [1.54, 1.807) is 12.1 Å². The van der Waals surface area contributed by atoms with E-state index in [1.165, 1.54) is 38.3 Å². The lowest BCUT2D eigenvalue weighted by Gasteiger charge is -2.53. The summed E-state index contributed by atoms with van der Waals surface area (Å²) in [5.41, 5.74) is 0.593. The van der Waals surface area contributed by atoms with Gasteiger partial charge in [0.05, 0.1) is 17.8 Å². The topological polar surface area (TPSA) is 77.5 Å². The molecule has 5 rings (SSSR count). The fraction of sp³-hybridized carbons (Fsp3) is 0.682. The van der Waals surface area contributed by atoms with Crippen molar-refractivity contribution in [3.05, 3.63) is 29.6 Å². The molecule has 28 heavy (non-hydrogen) atoms. The van der Waals surface area contributed by atoms with Gasteiger partial charge in [0, 0.05) is 6.20 Å². The lowest BCUT2D eigenvalue weighted by Crippen LogP contribution is -2.50. The number of nitrogens with zero attached hydrogens (tertiary/aromatic N) is 1. The number of amides is 1. The Morgan fingerprint density at radius 3 is 2.25 bits per heavy atom. The molecule has 0 spiro atoms. The SMILES string of the molecule is CC(C)(C)OC(=O)NCc1ccc(C(=O)OC2C3CC4CC(C3)CC2C4)cn1. The van der Waals surface area contributed by atoms with E-state index >= 15 is 0 Å². The molecule has 4 saturated carbocycles. The van der Waals surface area contributed by atoms with Gasteiger partial charge in [0.15, 0.2) is 0 Å². The second-order valence-corrected chi connectivity index (χ2v) is 9.69. The average molecular weight is 386 g/mol. The Morgan fingerprint density at radius 2 is 1.71 bits per heavy atom. The van der Waals surface area contributed by atoms with Gasteiger partial charge in [-0.15, -0.1) is 0 Å². The van der Waals surface area contributed by atoms with Crippen LogP contribution in [0.3, 0.4) is 0 Å². The van der Waals surface area contributed by atoms with Crippen molar-refractivity contribution in [1.29, 1.82) is 0 Å². The van der Waals surface area contributed by atoms with Crippen LogP contribution in [0.1, 0.15) is 68.9 Å². The van der Waals surface area contributed by atoms with Crippen LogP contribution < -0.4 is 5.32 Å². The van der Waals surface area contributed by atoms with Gasteiger partial charge in [-0.05, 0) is 88.7 Å². The first-order valence-corrected chi connectivity index (χ1v) is 10.4. The molecule has 4 fully saturated rings. The van der Waals surface area contributed by atoms with E-state index < -0.39 is 11.7 Å². The minimum absolute atomic E-state index is 0.0776.